The quantitative estimate of drug-likeness (QED) is 0.467. The molecule has 0 atom stereocenters. The lowest BCUT2D eigenvalue weighted by molar-refractivity contribution is -0.137. The number of hydrogen-bond donors (Lipinski definition) is 2. The van der Waals surface area contributed by atoms with Gasteiger partial charge in [-0.1, -0.05) is 12.1 Å². The maximum Gasteiger partial charge on any atom is 0.421 e. The number of nitrogens with one attached hydrogen (secondary N) is 2. The summed E-state index contributed by atoms with van der Waals surface area (Å²) in [7, 11) is 0. The molecule has 0 spiro atoms. The minimum absolute atomic E-state index is 0.0802. The summed E-state index contributed by atoms with van der Waals surface area (Å²) in [5.74, 6) is -0.222. The second-order valence-corrected chi connectivity index (χ2v) is 6.83. The molecule has 0 radical (unpaired) electrons. The second-order valence-electron chi connectivity index (χ2n) is 5.58. The highest BCUT2D eigenvalue weighted by atomic mass is 127. The molecule has 3 rings (SSSR count). The maximum atomic E-state index is 13.3. The van der Waals surface area contributed by atoms with Crippen molar-refractivity contribution in [2.75, 3.05) is 10.6 Å². The molecule has 0 saturated heterocycles. The van der Waals surface area contributed by atoms with Gasteiger partial charge in [0.15, 0.2) is 0 Å². The minimum Gasteiger partial charge on any atom is -0.340 e. The normalized spacial score (nSPS) is 11.3. The average Bonchev–Trinajstić information content (AvgIpc) is 2.56. The Balaban J connectivity index is 1.94. The lowest BCUT2D eigenvalue weighted by atomic mass is 10.2. The largest absolute Gasteiger partial charge is 0.421 e. The van der Waals surface area contributed by atoms with Gasteiger partial charge in [-0.15, -0.1) is 0 Å². The summed E-state index contributed by atoms with van der Waals surface area (Å²) in [5, 5.41) is 5.66. The Bertz CT molecular complexity index is 911. The van der Waals surface area contributed by atoms with Crippen molar-refractivity contribution >= 4 is 45.7 Å². The number of aromatic nitrogens is 2. The van der Waals surface area contributed by atoms with Gasteiger partial charge in [0.2, 0.25) is 5.95 Å². The van der Waals surface area contributed by atoms with E-state index >= 15 is 0 Å². The van der Waals surface area contributed by atoms with Gasteiger partial charge in [-0.3, -0.25) is 0 Å². The van der Waals surface area contributed by atoms with Crippen molar-refractivity contribution in [2.45, 2.75) is 13.1 Å². The Morgan fingerprint density at radius 1 is 0.962 bits per heavy atom. The molecule has 8 heteroatoms. The smallest absolute Gasteiger partial charge is 0.340 e. The van der Waals surface area contributed by atoms with Crippen LogP contribution in [0, 0.1) is 10.5 Å². The van der Waals surface area contributed by atoms with E-state index in [0.717, 1.165) is 15.3 Å². The van der Waals surface area contributed by atoms with Crippen LogP contribution in [0.1, 0.15) is 11.1 Å². The number of aryl methyl sites for hydroxylation is 1. The van der Waals surface area contributed by atoms with Crippen LogP contribution in [0.25, 0.3) is 0 Å². The van der Waals surface area contributed by atoms with Gasteiger partial charge in [-0.25, -0.2) is 4.98 Å². The predicted molar refractivity (Wildman–Crippen MR) is 104 cm³/mol. The summed E-state index contributed by atoms with van der Waals surface area (Å²) < 4.78 is 40.8. The molecule has 0 aliphatic carbocycles. The van der Waals surface area contributed by atoms with Crippen LogP contribution >= 0.6 is 22.6 Å². The topological polar surface area (TPSA) is 49.8 Å². The molecule has 0 saturated carbocycles. The van der Waals surface area contributed by atoms with Crippen molar-refractivity contribution in [1.82, 2.24) is 9.97 Å². The molecule has 0 aliphatic rings. The van der Waals surface area contributed by atoms with Gasteiger partial charge >= 0.3 is 6.18 Å². The first-order chi connectivity index (χ1) is 12.3. The first-order valence-electron chi connectivity index (χ1n) is 7.62. The van der Waals surface area contributed by atoms with Crippen LogP contribution in [0.3, 0.4) is 0 Å². The molecule has 134 valence electrons. The molecular formula is C18H14F3IN4. The zero-order chi connectivity index (χ0) is 18.7. The highest BCUT2D eigenvalue weighted by Crippen LogP contribution is 2.35. The van der Waals surface area contributed by atoms with E-state index in [2.05, 4.69) is 43.2 Å². The highest BCUT2D eigenvalue weighted by molar-refractivity contribution is 14.1. The minimum atomic E-state index is -4.56. The van der Waals surface area contributed by atoms with Gasteiger partial charge in [0.1, 0.15) is 11.4 Å². The molecule has 2 aromatic carbocycles. The molecule has 0 bridgehead atoms. The van der Waals surface area contributed by atoms with Gasteiger partial charge in [0, 0.05) is 21.1 Å². The molecule has 0 amide bonds. The number of anilines is 4. The monoisotopic (exact) mass is 470 g/mol. The number of halogens is 4. The van der Waals surface area contributed by atoms with E-state index in [4.69, 9.17) is 0 Å². The van der Waals surface area contributed by atoms with E-state index in [1.54, 1.807) is 30.3 Å². The summed E-state index contributed by atoms with van der Waals surface area (Å²) in [5.41, 5.74) is 1.30. The Morgan fingerprint density at radius 2 is 1.69 bits per heavy atom. The number of alkyl halides is 3. The van der Waals surface area contributed by atoms with Crippen molar-refractivity contribution in [3.63, 3.8) is 0 Å². The van der Waals surface area contributed by atoms with Crippen molar-refractivity contribution < 1.29 is 13.2 Å². The molecule has 26 heavy (non-hydrogen) atoms. The van der Waals surface area contributed by atoms with E-state index in [1.807, 2.05) is 25.1 Å². The Morgan fingerprint density at radius 3 is 2.35 bits per heavy atom. The summed E-state index contributed by atoms with van der Waals surface area (Å²) in [6, 6.07) is 14.4. The third-order valence-electron chi connectivity index (χ3n) is 3.48. The zero-order valence-electron chi connectivity index (χ0n) is 13.6. The van der Waals surface area contributed by atoms with Crippen LogP contribution in [0.15, 0.2) is 54.7 Å². The van der Waals surface area contributed by atoms with Crippen LogP contribution in [0.2, 0.25) is 0 Å². The molecule has 3 aromatic rings. The zero-order valence-corrected chi connectivity index (χ0v) is 15.8. The summed E-state index contributed by atoms with van der Waals surface area (Å²) in [4.78, 5) is 7.83. The molecular weight excluding hydrogens is 456 g/mol. The average molecular weight is 470 g/mol. The fourth-order valence-corrected chi connectivity index (χ4v) is 2.63. The molecule has 2 N–H and O–H groups in total. The number of hydrogen-bond acceptors (Lipinski definition) is 4. The van der Waals surface area contributed by atoms with Crippen molar-refractivity contribution in [3.8, 4) is 0 Å². The third-order valence-corrected chi connectivity index (χ3v) is 4.19. The van der Waals surface area contributed by atoms with E-state index in [9.17, 15) is 13.2 Å². The van der Waals surface area contributed by atoms with E-state index < -0.39 is 11.7 Å². The highest BCUT2D eigenvalue weighted by Gasteiger charge is 2.35. The lowest BCUT2D eigenvalue weighted by Crippen LogP contribution is -2.12. The molecule has 1 heterocycles. The predicted octanol–water partition coefficient (Wildman–Crippen LogP) is 5.90. The van der Waals surface area contributed by atoms with Crippen LogP contribution < -0.4 is 10.6 Å². The number of nitrogens with zero attached hydrogens (tertiary/aromatic N) is 2. The van der Waals surface area contributed by atoms with Gasteiger partial charge in [0.05, 0.1) is 0 Å². The summed E-state index contributed by atoms with van der Waals surface area (Å²) in [6.07, 6.45) is -3.78. The Labute approximate surface area is 162 Å². The molecule has 4 nitrogen and oxygen atoms in total. The first-order valence-corrected chi connectivity index (χ1v) is 8.70. The second kappa shape index (κ2) is 7.48. The van der Waals surface area contributed by atoms with Crippen LogP contribution in [-0.2, 0) is 6.18 Å². The van der Waals surface area contributed by atoms with E-state index in [-0.39, 0.29) is 11.8 Å². The molecule has 0 fully saturated rings. The van der Waals surface area contributed by atoms with Crippen LogP contribution in [0.4, 0.5) is 36.3 Å². The van der Waals surface area contributed by atoms with Gasteiger partial charge in [-0.2, -0.15) is 18.2 Å². The van der Waals surface area contributed by atoms with E-state index in [1.165, 1.54) is 0 Å². The Kier molecular flexibility index (Phi) is 5.30. The van der Waals surface area contributed by atoms with Gasteiger partial charge in [0.25, 0.3) is 0 Å². The summed E-state index contributed by atoms with van der Waals surface area (Å²) in [6.45, 7) is 1.92. The number of benzene rings is 2. The first kappa shape index (κ1) is 18.4. The van der Waals surface area contributed by atoms with E-state index in [0.29, 0.717) is 11.4 Å². The van der Waals surface area contributed by atoms with Crippen molar-refractivity contribution in [1.29, 1.82) is 0 Å². The number of rotatable bonds is 4. The third kappa shape index (κ3) is 4.63. The van der Waals surface area contributed by atoms with Gasteiger partial charge < -0.3 is 10.6 Å². The standard InChI is InChI=1S/C18H14F3IN4/c1-11-3-2-4-14(9-11)25-17-23-10-15(18(19,20)21)16(26-17)24-13-7-5-12(22)6-8-13/h2-10H,1H3,(H2,23,24,25,26). The van der Waals surface area contributed by atoms with Crippen LogP contribution in [-0.4, -0.2) is 9.97 Å². The summed E-state index contributed by atoms with van der Waals surface area (Å²) >= 11 is 2.12. The fourth-order valence-electron chi connectivity index (χ4n) is 2.27. The lowest BCUT2D eigenvalue weighted by Gasteiger charge is -2.15. The SMILES string of the molecule is Cc1cccc(Nc2ncc(C(F)(F)F)c(Nc3ccc(I)cc3)n2)c1. The molecule has 0 aliphatic heterocycles. The van der Waals surface area contributed by atoms with Crippen molar-refractivity contribution in [2.24, 2.45) is 0 Å². The fraction of sp³-hybridized carbons (Fsp3) is 0.111. The molecule has 1 aromatic heterocycles. The van der Waals surface area contributed by atoms with Crippen LogP contribution in [0.5, 0.6) is 0 Å². The molecule has 0 unspecified atom stereocenters. The van der Waals surface area contributed by atoms with Crippen molar-refractivity contribution in [3.05, 3.63) is 69.4 Å². The van der Waals surface area contributed by atoms with Gasteiger partial charge in [-0.05, 0) is 71.5 Å². The maximum absolute atomic E-state index is 13.3. The Hall–Kier alpha value is -2.36.